The lowest BCUT2D eigenvalue weighted by Crippen LogP contribution is -2.39. The summed E-state index contributed by atoms with van der Waals surface area (Å²) in [6.07, 6.45) is 4.93. The summed E-state index contributed by atoms with van der Waals surface area (Å²) < 4.78 is 0. The van der Waals surface area contributed by atoms with Crippen molar-refractivity contribution < 1.29 is 4.79 Å². The van der Waals surface area contributed by atoms with Gasteiger partial charge in [-0.3, -0.25) is 4.79 Å². The van der Waals surface area contributed by atoms with Gasteiger partial charge in [0.25, 0.3) is 5.91 Å². The Morgan fingerprint density at radius 1 is 1.12 bits per heavy atom. The molecule has 1 aromatic carbocycles. The van der Waals surface area contributed by atoms with E-state index in [-0.39, 0.29) is 11.4 Å². The van der Waals surface area contributed by atoms with Crippen LogP contribution in [0, 0.1) is 5.92 Å². The van der Waals surface area contributed by atoms with Crippen LogP contribution in [0.3, 0.4) is 0 Å². The molecule has 1 aliphatic rings. The highest BCUT2D eigenvalue weighted by molar-refractivity contribution is 5.94. The quantitative estimate of drug-likeness (QED) is 0.889. The fourth-order valence-corrected chi connectivity index (χ4v) is 3.45. The van der Waals surface area contributed by atoms with Crippen molar-refractivity contribution in [3.05, 3.63) is 59.8 Å². The van der Waals surface area contributed by atoms with Gasteiger partial charge in [-0.15, -0.1) is 0 Å². The van der Waals surface area contributed by atoms with Crippen molar-refractivity contribution in [1.82, 2.24) is 9.88 Å². The molecule has 1 aromatic heterocycles. The van der Waals surface area contributed by atoms with Gasteiger partial charge in [0.05, 0.1) is 5.56 Å². The van der Waals surface area contributed by atoms with Crippen LogP contribution >= 0.6 is 0 Å². The third kappa shape index (κ3) is 5.07. The van der Waals surface area contributed by atoms with Gasteiger partial charge in [0, 0.05) is 24.8 Å². The van der Waals surface area contributed by atoms with E-state index >= 15 is 0 Å². The van der Waals surface area contributed by atoms with Gasteiger partial charge in [-0.2, -0.15) is 0 Å². The number of hydrogen-bond acceptors (Lipinski definition) is 3. The lowest BCUT2D eigenvalue weighted by atomic mass is 9.90. The molecule has 138 valence electrons. The predicted molar refractivity (Wildman–Crippen MR) is 106 cm³/mol. The lowest BCUT2D eigenvalue weighted by molar-refractivity contribution is 0.0690. The van der Waals surface area contributed by atoms with E-state index in [2.05, 4.69) is 61.4 Å². The molecule has 0 radical (unpaired) electrons. The van der Waals surface area contributed by atoms with E-state index < -0.39 is 0 Å². The topological polar surface area (TPSA) is 45.2 Å². The van der Waals surface area contributed by atoms with Crippen molar-refractivity contribution in [2.45, 2.75) is 45.6 Å². The Kier molecular flexibility index (Phi) is 5.60. The molecule has 4 nitrogen and oxygen atoms in total. The third-order valence-electron chi connectivity index (χ3n) is 4.78. The largest absolute Gasteiger partial charge is 0.365 e. The Morgan fingerprint density at radius 2 is 1.81 bits per heavy atom. The highest BCUT2D eigenvalue weighted by atomic mass is 16.2. The van der Waals surface area contributed by atoms with Crippen molar-refractivity contribution in [3.8, 4) is 0 Å². The van der Waals surface area contributed by atoms with Crippen LogP contribution in [0.15, 0.2) is 48.7 Å². The van der Waals surface area contributed by atoms with Crippen LogP contribution in [0.4, 0.5) is 5.82 Å². The Morgan fingerprint density at radius 3 is 2.38 bits per heavy atom. The Bertz CT molecular complexity index is 711. The van der Waals surface area contributed by atoms with Crippen molar-refractivity contribution in [2.75, 3.05) is 18.4 Å². The first-order chi connectivity index (χ1) is 12.4. The minimum Gasteiger partial charge on any atom is -0.365 e. The van der Waals surface area contributed by atoms with E-state index in [1.165, 1.54) is 5.56 Å². The molecule has 0 aliphatic carbocycles. The van der Waals surface area contributed by atoms with Crippen molar-refractivity contribution in [2.24, 2.45) is 5.92 Å². The fraction of sp³-hybridized carbons (Fsp3) is 0.455. The second-order valence-electron chi connectivity index (χ2n) is 8.23. The normalized spacial score (nSPS) is 15.7. The zero-order chi connectivity index (χ0) is 18.6. The Hall–Kier alpha value is -2.36. The number of aromatic nitrogens is 1. The van der Waals surface area contributed by atoms with E-state index in [9.17, 15) is 4.79 Å². The number of likely N-dealkylation sites (tertiary alicyclic amines) is 1. The van der Waals surface area contributed by atoms with Gasteiger partial charge in [0.15, 0.2) is 0 Å². The van der Waals surface area contributed by atoms with Crippen molar-refractivity contribution >= 4 is 11.7 Å². The zero-order valence-electron chi connectivity index (χ0n) is 16.0. The molecule has 1 amide bonds. The first kappa shape index (κ1) is 18.4. The van der Waals surface area contributed by atoms with Gasteiger partial charge in [-0.25, -0.2) is 4.98 Å². The molecule has 1 N–H and O–H groups in total. The Balaban J connectivity index is 1.53. The van der Waals surface area contributed by atoms with Crippen molar-refractivity contribution in [1.29, 1.82) is 0 Å². The smallest absolute Gasteiger partial charge is 0.255 e. The van der Waals surface area contributed by atoms with Gasteiger partial charge in [0.2, 0.25) is 0 Å². The average molecular weight is 351 g/mol. The molecular weight excluding hydrogens is 322 g/mol. The standard InChI is InChI=1S/C22H29N3O/c1-22(2,3)24-20-10-9-19(16-23-20)21(26)25-13-11-18(12-14-25)15-17-7-5-4-6-8-17/h4-10,16,18H,11-15H2,1-3H3,(H,23,24). The summed E-state index contributed by atoms with van der Waals surface area (Å²) in [4.78, 5) is 19.1. The third-order valence-corrected chi connectivity index (χ3v) is 4.78. The number of nitrogens with zero attached hydrogens (tertiary/aromatic N) is 2. The second kappa shape index (κ2) is 7.90. The number of carbonyl (C=O) groups is 1. The van der Waals surface area contributed by atoms with Crippen LogP contribution in [0.2, 0.25) is 0 Å². The van der Waals surface area contributed by atoms with Gasteiger partial charge < -0.3 is 10.2 Å². The molecule has 2 heterocycles. The van der Waals surface area contributed by atoms with Crippen molar-refractivity contribution in [3.63, 3.8) is 0 Å². The SMILES string of the molecule is CC(C)(C)Nc1ccc(C(=O)N2CCC(Cc3ccccc3)CC2)cn1. The van der Waals surface area contributed by atoms with Crippen LogP contribution < -0.4 is 5.32 Å². The number of nitrogens with one attached hydrogen (secondary N) is 1. The maximum absolute atomic E-state index is 12.7. The number of benzene rings is 1. The van der Waals surface area contributed by atoms with Crippen LogP contribution in [0.5, 0.6) is 0 Å². The first-order valence-corrected chi connectivity index (χ1v) is 9.48. The lowest BCUT2D eigenvalue weighted by Gasteiger charge is -2.32. The van der Waals surface area contributed by atoms with Crippen LogP contribution in [-0.4, -0.2) is 34.4 Å². The maximum Gasteiger partial charge on any atom is 0.255 e. The summed E-state index contributed by atoms with van der Waals surface area (Å²) in [7, 11) is 0. The van der Waals surface area contributed by atoms with Crippen LogP contribution in [0.25, 0.3) is 0 Å². The summed E-state index contributed by atoms with van der Waals surface area (Å²) in [6.45, 7) is 7.94. The van der Waals surface area contributed by atoms with Crippen LogP contribution in [0.1, 0.15) is 49.5 Å². The summed E-state index contributed by atoms with van der Waals surface area (Å²) in [5.74, 6) is 1.56. The number of pyridine rings is 1. The molecule has 26 heavy (non-hydrogen) atoms. The molecule has 1 saturated heterocycles. The highest BCUT2D eigenvalue weighted by Crippen LogP contribution is 2.23. The fourth-order valence-electron chi connectivity index (χ4n) is 3.45. The predicted octanol–water partition coefficient (Wildman–Crippen LogP) is 4.39. The van der Waals surface area contributed by atoms with Gasteiger partial charge in [-0.1, -0.05) is 30.3 Å². The van der Waals surface area contributed by atoms with E-state index in [0.717, 1.165) is 38.2 Å². The van der Waals surface area contributed by atoms with Crippen LogP contribution in [-0.2, 0) is 6.42 Å². The molecule has 1 aliphatic heterocycles. The number of amides is 1. The monoisotopic (exact) mass is 351 g/mol. The molecule has 1 fully saturated rings. The minimum absolute atomic E-state index is 0.0425. The second-order valence-corrected chi connectivity index (χ2v) is 8.23. The van der Waals surface area contributed by atoms with E-state index in [1.807, 2.05) is 17.0 Å². The Labute approximate surface area is 156 Å². The molecule has 0 unspecified atom stereocenters. The zero-order valence-corrected chi connectivity index (χ0v) is 16.0. The minimum atomic E-state index is -0.0425. The first-order valence-electron chi connectivity index (χ1n) is 9.48. The molecule has 0 saturated carbocycles. The molecule has 2 aromatic rings. The number of hydrogen-bond donors (Lipinski definition) is 1. The number of anilines is 1. The number of rotatable bonds is 4. The van der Waals surface area contributed by atoms with Gasteiger partial charge in [-0.05, 0) is 63.6 Å². The van der Waals surface area contributed by atoms with E-state index in [0.29, 0.717) is 11.5 Å². The molecule has 0 spiro atoms. The highest BCUT2D eigenvalue weighted by Gasteiger charge is 2.24. The summed E-state index contributed by atoms with van der Waals surface area (Å²) in [5.41, 5.74) is 2.02. The van der Waals surface area contributed by atoms with E-state index in [1.54, 1.807) is 6.20 Å². The van der Waals surface area contributed by atoms with Gasteiger partial charge >= 0.3 is 0 Å². The maximum atomic E-state index is 12.7. The molecule has 3 rings (SSSR count). The average Bonchev–Trinajstić information content (AvgIpc) is 2.62. The number of piperidine rings is 1. The molecule has 0 atom stereocenters. The number of carbonyl (C=O) groups excluding carboxylic acids is 1. The van der Waals surface area contributed by atoms with Gasteiger partial charge in [0.1, 0.15) is 5.82 Å². The summed E-state index contributed by atoms with van der Waals surface area (Å²) in [5, 5.41) is 3.32. The molecular formula is C22H29N3O. The molecule has 0 bridgehead atoms. The van der Waals surface area contributed by atoms with E-state index in [4.69, 9.17) is 0 Å². The summed E-state index contributed by atoms with van der Waals surface area (Å²) in [6, 6.07) is 14.4. The summed E-state index contributed by atoms with van der Waals surface area (Å²) >= 11 is 0. The molecule has 4 heteroatoms.